The van der Waals surface area contributed by atoms with Crippen LogP contribution in [-0.4, -0.2) is 28.1 Å². The van der Waals surface area contributed by atoms with Crippen LogP contribution in [0.2, 0.25) is 0 Å². The Balaban J connectivity index is 1.97. The minimum absolute atomic E-state index is 0.233. The minimum atomic E-state index is -1.00. The second-order valence-corrected chi connectivity index (χ2v) is 6.49. The predicted molar refractivity (Wildman–Crippen MR) is 90.4 cm³/mol. The molecule has 2 aromatic rings. The van der Waals surface area contributed by atoms with Crippen molar-refractivity contribution in [2.24, 2.45) is 5.73 Å². The lowest BCUT2D eigenvalue weighted by Crippen LogP contribution is -2.30. The van der Waals surface area contributed by atoms with E-state index in [1.807, 2.05) is 6.92 Å². The van der Waals surface area contributed by atoms with Gasteiger partial charge in [-0.05, 0) is 26.7 Å². The first kappa shape index (κ1) is 18.9. The number of ether oxygens (including phenoxy) is 2. The lowest BCUT2D eigenvalue weighted by Gasteiger charge is -2.07. The molecule has 2 heterocycles. The van der Waals surface area contributed by atoms with Crippen molar-refractivity contribution in [2.75, 3.05) is 0 Å². The van der Waals surface area contributed by atoms with Crippen molar-refractivity contribution in [3.63, 3.8) is 0 Å². The number of aromatic nitrogens is 2. The molecule has 9 heteroatoms. The number of carbonyl (C=O) groups excluding carboxylic acids is 2. The Labute approximate surface area is 149 Å². The van der Waals surface area contributed by atoms with Gasteiger partial charge in [-0.1, -0.05) is 29.8 Å². The molecule has 2 N–H and O–H groups in total. The number of amides is 1. The number of nitrogens with two attached hydrogens (primary N) is 1. The van der Waals surface area contributed by atoms with Gasteiger partial charge in [0.2, 0.25) is 0 Å². The molecule has 1 amide bonds. The lowest BCUT2D eigenvalue weighted by atomic mass is 10.1. The summed E-state index contributed by atoms with van der Waals surface area (Å²) in [6, 6.07) is 0. The number of carbonyl (C=O) groups is 2. The molecule has 0 aromatic carbocycles. The molecule has 136 valence electrons. The summed E-state index contributed by atoms with van der Waals surface area (Å²) in [6.45, 7) is 5.61. The predicted octanol–water partition coefficient (Wildman–Crippen LogP) is 2.39. The summed E-state index contributed by atoms with van der Waals surface area (Å²) >= 11 is 1.04. The molecule has 0 bridgehead atoms. The van der Waals surface area contributed by atoms with Gasteiger partial charge in [0, 0.05) is 0 Å². The standard InChI is InChI=1S/C16H21N3O5S/c1-4-5-6-12-11(9(2)24-19-12)8-22-16-18-7-13(25-16)15(21)23-10(3)14(17)20/h7,10H,4-6,8H2,1-3H3,(H2,17,20). The van der Waals surface area contributed by atoms with Crippen molar-refractivity contribution in [1.29, 1.82) is 0 Å². The van der Waals surface area contributed by atoms with Crippen LogP contribution in [-0.2, 0) is 22.6 Å². The van der Waals surface area contributed by atoms with Gasteiger partial charge >= 0.3 is 5.97 Å². The molecule has 2 rings (SSSR count). The minimum Gasteiger partial charge on any atom is -0.465 e. The monoisotopic (exact) mass is 367 g/mol. The maximum absolute atomic E-state index is 11.9. The summed E-state index contributed by atoms with van der Waals surface area (Å²) in [4.78, 5) is 27.1. The summed E-state index contributed by atoms with van der Waals surface area (Å²) in [5, 5.41) is 4.38. The molecule has 0 aliphatic carbocycles. The average Bonchev–Trinajstić information content (AvgIpc) is 3.18. The molecule has 25 heavy (non-hydrogen) atoms. The van der Waals surface area contributed by atoms with Crippen molar-refractivity contribution in [2.45, 2.75) is 52.7 Å². The molecule has 1 unspecified atom stereocenters. The second kappa shape index (κ2) is 8.61. The third-order valence-electron chi connectivity index (χ3n) is 3.54. The molecular formula is C16H21N3O5S. The van der Waals surface area contributed by atoms with E-state index >= 15 is 0 Å². The SMILES string of the molecule is CCCCc1noc(C)c1COc1ncc(C(=O)OC(C)C(N)=O)s1. The Morgan fingerprint density at radius 2 is 2.20 bits per heavy atom. The first-order chi connectivity index (χ1) is 11.9. The molecule has 1 atom stereocenters. The number of hydrogen-bond acceptors (Lipinski definition) is 8. The third-order valence-corrected chi connectivity index (χ3v) is 4.43. The van der Waals surface area contributed by atoms with Gasteiger partial charge in [0.15, 0.2) is 6.10 Å². The number of hydrogen-bond donors (Lipinski definition) is 1. The fourth-order valence-corrected chi connectivity index (χ4v) is 2.64. The molecule has 0 spiro atoms. The highest BCUT2D eigenvalue weighted by Crippen LogP contribution is 2.24. The highest BCUT2D eigenvalue weighted by molar-refractivity contribution is 7.15. The van der Waals surface area contributed by atoms with Crippen molar-refractivity contribution in [3.8, 4) is 5.19 Å². The zero-order valence-corrected chi connectivity index (χ0v) is 15.2. The van der Waals surface area contributed by atoms with E-state index in [1.165, 1.54) is 13.1 Å². The Morgan fingerprint density at radius 1 is 1.44 bits per heavy atom. The van der Waals surface area contributed by atoms with E-state index in [0.717, 1.165) is 41.9 Å². The quantitative estimate of drug-likeness (QED) is 0.676. The Hall–Kier alpha value is -2.42. The number of unbranched alkanes of at least 4 members (excludes halogenated alkanes) is 1. The molecule has 0 aliphatic heterocycles. The van der Waals surface area contributed by atoms with Crippen molar-refractivity contribution < 1.29 is 23.6 Å². The number of thiazole rings is 1. The first-order valence-corrected chi connectivity index (χ1v) is 8.77. The molecule has 2 aromatic heterocycles. The van der Waals surface area contributed by atoms with E-state index in [9.17, 15) is 9.59 Å². The largest absolute Gasteiger partial charge is 0.465 e. The van der Waals surface area contributed by atoms with Crippen LogP contribution in [0.3, 0.4) is 0 Å². The summed E-state index contributed by atoms with van der Waals surface area (Å²) in [5.74, 6) is -0.669. The van der Waals surface area contributed by atoms with Gasteiger partial charge in [0.05, 0.1) is 17.5 Å². The number of rotatable bonds is 9. The van der Waals surface area contributed by atoms with E-state index in [2.05, 4.69) is 17.1 Å². The number of nitrogens with zero attached hydrogens (tertiary/aromatic N) is 2. The zero-order chi connectivity index (χ0) is 18.4. The summed E-state index contributed by atoms with van der Waals surface area (Å²) in [5.41, 5.74) is 6.84. The molecule has 8 nitrogen and oxygen atoms in total. The van der Waals surface area contributed by atoms with Gasteiger partial charge in [-0.15, -0.1) is 0 Å². The van der Waals surface area contributed by atoms with Gasteiger partial charge in [0.25, 0.3) is 11.1 Å². The number of primary amides is 1. The van der Waals surface area contributed by atoms with Crippen LogP contribution >= 0.6 is 11.3 Å². The molecular weight excluding hydrogens is 346 g/mol. The molecule has 0 fully saturated rings. The average molecular weight is 367 g/mol. The van der Waals surface area contributed by atoms with Crippen LogP contribution < -0.4 is 10.5 Å². The topological polar surface area (TPSA) is 118 Å². The van der Waals surface area contributed by atoms with Crippen LogP contribution in [0.25, 0.3) is 0 Å². The van der Waals surface area contributed by atoms with E-state index in [4.69, 9.17) is 19.7 Å². The highest BCUT2D eigenvalue weighted by atomic mass is 32.1. The van der Waals surface area contributed by atoms with Gasteiger partial charge in [-0.25, -0.2) is 9.78 Å². The normalized spacial score (nSPS) is 12.0. The van der Waals surface area contributed by atoms with Gasteiger partial charge in [-0.3, -0.25) is 4.79 Å². The molecule has 0 saturated carbocycles. The maximum atomic E-state index is 11.9. The van der Waals surface area contributed by atoms with Crippen molar-refractivity contribution >= 4 is 23.2 Å². The van der Waals surface area contributed by atoms with E-state index < -0.39 is 18.0 Å². The smallest absolute Gasteiger partial charge is 0.350 e. The Bertz CT molecular complexity index is 740. The van der Waals surface area contributed by atoms with Crippen molar-refractivity contribution in [1.82, 2.24) is 10.1 Å². The summed E-state index contributed by atoms with van der Waals surface area (Å²) < 4.78 is 15.8. The maximum Gasteiger partial charge on any atom is 0.350 e. The molecule has 0 aliphatic rings. The Morgan fingerprint density at radius 3 is 2.88 bits per heavy atom. The lowest BCUT2D eigenvalue weighted by molar-refractivity contribution is -0.125. The van der Waals surface area contributed by atoms with Crippen molar-refractivity contribution in [3.05, 3.63) is 28.1 Å². The van der Waals surface area contributed by atoms with Gasteiger partial charge < -0.3 is 19.7 Å². The molecule has 0 radical (unpaired) electrons. The Kier molecular flexibility index (Phi) is 6.51. The van der Waals surface area contributed by atoms with Gasteiger partial charge in [0.1, 0.15) is 17.2 Å². The first-order valence-electron chi connectivity index (χ1n) is 7.95. The van der Waals surface area contributed by atoms with E-state index in [-0.39, 0.29) is 11.5 Å². The zero-order valence-electron chi connectivity index (χ0n) is 14.4. The van der Waals surface area contributed by atoms with Gasteiger partial charge in [-0.2, -0.15) is 0 Å². The summed E-state index contributed by atoms with van der Waals surface area (Å²) in [7, 11) is 0. The van der Waals surface area contributed by atoms with E-state index in [0.29, 0.717) is 11.0 Å². The number of esters is 1. The van der Waals surface area contributed by atoms with E-state index in [1.54, 1.807) is 0 Å². The van der Waals surface area contributed by atoms with Crippen LogP contribution in [0.4, 0.5) is 0 Å². The second-order valence-electron chi connectivity index (χ2n) is 5.50. The molecule has 0 saturated heterocycles. The highest BCUT2D eigenvalue weighted by Gasteiger charge is 2.19. The van der Waals surface area contributed by atoms with Crippen LogP contribution in [0.1, 0.15) is 53.4 Å². The van der Waals surface area contributed by atoms with Crippen LogP contribution in [0.15, 0.2) is 10.7 Å². The number of aryl methyl sites for hydroxylation is 2. The third kappa shape index (κ3) is 5.02. The fraction of sp³-hybridized carbons (Fsp3) is 0.500. The fourth-order valence-electron chi connectivity index (χ4n) is 1.99. The van der Waals surface area contributed by atoms with Crippen LogP contribution in [0.5, 0.6) is 5.19 Å². The van der Waals surface area contributed by atoms with Crippen LogP contribution in [0, 0.1) is 6.92 Å². The summed E-state index contributed by atoms with van der Waals surface area (Å²) in [6.07, 6.45) is 3.25.